The number of hydrogen-bond acceptors (Lipinski definition) is 6. The number of rotatable bonds is 4. The van der Waals surface area contributed by atoms with Crippen molar-refractivity contribution in [3.63, 3.8) is 0 Å². The summed E-state index contributed by atoms with van der Waals surface area (Å²) in [5.41, 5.74) is 2.17. The Labute approximate surface area is 223 Å². The van der Waals surface area contributed by atoms with Gasteiger partial charge in [0, 0.05) is 25.8 Å². The Hall–Kier alpha value is -3.85. The standard InChI is InChI=1S/C29H33N3O6/c1-16-11-20-21(22(16)14-36-17(2)33)13-29(30-7,31-8)24-12-19-9-10-25(26(24)23(20)15-37-18(3)34)32(19)27(35)38-28(4,5)6/h12,19,25-26H,1,9-11,13-15H2,2-6H3/t19-,25+,26-/m1/s1. The molecule has 0 unspecified atom stereocenters. The molecule has 2 heterocycles. The lowest BCUT2D eigenvalue weighted by Crippen LogP contribution is -2.52. The maximum absolute atomic E-state index is 13.4. The molecule has 0 saturated carbocycles. The van der Waals surface area contributed by atoms with Crippen LogP contribution in [0, 0.1) is 19.1 Å². The van der Waals surface area contributed by atoms with E-state index in [1.807, 2.05) is 26.8 Å². The molecular formula is C29H33N3O6. The Bertz CT molecular complexity index is 1270. The quantitative estimate of drug-likeness (QED) is 0.226. The first kappa shape index (κ1) is 27.2. The first-order valence-electron chi connectivity index (χ1n) is 12.7. The molecule has 4 aliphatic rings. The second-order valence-electron chi connectivity index (χ2n) is 11.2. The normalized spacial score (nSPS) is 25.4. The number of nitrogens with zero attached hydrogens (tertiary/aromatic N) is 3. The van der Waals surface area contributed by atoms with E-state index in [-0.39, 0.29) is 31.7 Å². The molecule has 200 valence electrons. The molecule has 3 atom stereocenters. The van der Waals surface area contributed by atoms with Gasteiger partial charge in [-0.2, -0.15) is 0 Å². The van der Waals surface area contributed by atoms with Crippen molar-refractivity contribution in [1.29, 1.82) is 0 Å². The van der Waals surface area contributed by atoms with Gasteiger partial charge in [0.2, 0.25) is 0 Å². The molecule has 2 aliphatic heterocycles. The van der Waals surface area contributed by atoms with Crippen LogP contribution in [-0.2, 0) is 23.8 Å². The number of hydrogen-bond donors (Lipinski definition) is 0. The topological polar surface area (TPSA) is 90.9 Å². The number of allylic oxidation sites excluding steroid dienone is 1. The highest BCUT2D eigenvalue weighted by atomic mass is 16.6. The van der Waals surface area contributed by atoms with Gasteiger partial charge >= 0.3 is 23.7 Å². The zero-order valence-electron chi connectivity index (χ0n) is 22.6. The van der Waals surface area contributed by atoms with Gasteiger partial charge in [0.1, 0.15) is 30.8 Å². The van der Waals surface area contributed by atoms with Crippen molar-refractivity contribution in [1.82, 2.24) is 4.90 Å². The van der Waals surface area contributed by atoms with Crippen LogP contribution in [0.25, 0.3) is 9.69 Å². The molecule has 0 spiro atoms. The Morgan fingerprint density at radius 1 is 1.08 bits per heavy atom. The molecule has 38 heavy (non-hydrogen) atoms. The SMILES string of the molecule is [C-]#[N+]C1([N+]#[C-])CC2=C(COC(C)=O)C(=C)CC2=C(COC(C)=O)[C@@H]2C1=C[C@H]1CC[C@@H]2N1C(=O)OC(C)(C)C. The van der Waals surface area contributed by atoms with Crippen molar-refractivity contribution >= 4 is 18.0 Å². The van der Waals surface area contributed by atoms with E-state index in [1.165, 1.54) is 13.8 Å². The van der Waals surface area contributed by atoms with Crippen molar-refractivity contribution in [3.8, 4) is 0 Å². The lowest BCUT2D eigenvalue weighted by molar-refractivity contribution is -0.141. The van der Waals surface area contributed by atoms with Crippen LogP contribution < -0.4 is 0 Å². The van der Waals surface area contributed by atoms with Gasteiger partial charge in [0.25, 0.3) is 0 Å². The zero-order valence-corrected chi connectivity index (χ0v) is 22.6. The molecule has 2 aliphatic carbocycles. The Balaban J connectivity index is 1.94. The molecule has 9 heteroatoms. The minimum atomic E-state index is -1.55. The van der Waals surface area contributed by atoms with Crippen molar-refractivity contribution in [3.05, 3.63) is 68.9 Å². The fraction of sp³-hybridized carbons (Fsp3) is 0.552. The lowest BCUT2D eigenvalue weighted by atomic mass is 9.76. The third kappa shape index (κ3) is 4.74. The molecule has 1 amide bonds. The van der Waals surface area contributed by atoms with Gasteiger partial charge in [-0.25, -0.2) is 27.6 Å². The van der Waals surface area contributed by atoms with Crippen LogP contribution in [0.15, 0.2) is 46.1 Å². The fourth-order valence-corrected chi connectivity index (χ4v) is 6.09. The highest BCUT2D eigenvalue weighted by molar-refractivity contribution is 5.72. The van der Waals surface area contributed by atoms with E-state index in [2.05, 4.69) is 16.3 Å². The molecule has 2 bridgehead atoms. The summed E-state index contributed by atoms with van der Waals surface area (Å²) in [6.45, 7) is 28.6. The van der Waals surface area contributed by atoms with Gasteiger partial charge in [-0.05, 0) is 74.0 Å². The Kier molecular flexibility index (Phi) is 7.01. The lowest BCUT2D eigenvalue weighted by Gasteiger charge is -2.40. The van der Waals surface area contributed by atoms with Gasteiger partial charge in [0.15, 0.2) is 0 Å². The molecular weight excluding hydrogens is 486 g/mol. The molecule has 9 nitrogen and oxygen atoms in total. The van der Waals surface area contributed by atoms with Crippen molar-refractivity contribution in [2.75, 3.05) is 13.2 Å². The van der Waals surface area contributed by atoms with Crippen LogP contribution in [0.1, 0.15) is 60.3 Å². The van der Waals surface area contributed by atoms with Crippen LogP contribution >= 0.6 is 0 Å². The first-order chi connectivity index (χ1) is 17.8. The van der Waals surface area contributed by atoms with Gasteiger partial charge < -0.3 is 14.2 Å². The van der Waals surface area contributed by atoms with Crippen LogP contribution in [0.4, 0.5) is 4.79 Å². The van der Waals surface area contributed by atoms with Gasteiger partial charge in [-0.15, -0.1) is 0 Å². The third-order valence-corrected chi connectivity index (χ3v) is 7.58. The van der Waals surface area contributed by atoms with E-state index in [9.17, 15) is 14.4 Å². The monoisotopic (exact) mass is 519 g/mol. The Morgan fingerprint density at radius 3 is 2.29 bits per heavy atom. The summed E-state index contributed by atoms with van der Waals surface area (Å²) in [5, 5.41) is 0. The number of fused-ring (bicyclic) bond motifs is 5. The smallest absolute Gasteiger partial charge is 0.461 e. The van der Waals surface area contributed by atoms with E-state index in [0.29, 0.717) is 30.4 Å². The summed E-state index contributed by atoms with van der Waals surface area (Å²) < 4.78 is 16.6. The fourth-order valence-electron chi connectivity index (χ4n) is 6.09. The van der Waals surface area contributed by atoms with Gasteiger partial charge in [-0.1, -0.05) is 6.58 Å². The van der Waals surface area contributed by atoms with Crippen molar-refractivity contribution < 1.29 is 28.6 Å². The average molecular weight is 520 g/mol. The molecule has 1 saturated heterocycles. The molecule has 1 fully saturated rings. The zero-order chi connectivity index (χ0) is 28.0. The second-order valence-corrected chi connectivity index (χ2v) is 11.2. The predicted octanol–water partition coefficient (Wildman–Crippen LogP) is 4.93. The van der Waals surface area contributed by atoms with E-state index in [1.54, 1.807) is 4.90 Å². The van der Waals surface area contributed by atoms with E-state index in [0.717, 1.165) is 22.3 Å². The maximum Gasteiger partial charge on any atom is 0.510 e. The second kappa shape index (κ2) is 9.79. The molecule has 4 rings (SSSR count). The van der Waals surface area contributed by atoms with E-state index >= 15 is 0 Å². The summed E-state index contributed by atoms with van der Waals surface area (Å²) in [6, 6.07) is -0.660. The summed E-state index contributed by atoms with van der Waals surface area (Å²) >= 11 is 0. The summed E-state index contributed by atoms with van der Waals surface area (Å²) in [5.74, 6) is -1.40. The largest absolute Gasteiger partial charge is 0.510 e. The average Bonchev–Trinajstić information content (AvgIpc) is 3.26. The Morgan fingerprint density at radius 2 is 1.71 bits per heavy atom. The minimum absolute atomic E-state index is 0.0142. The van der Waals surface area contributed by atoms with E-state index in [4.69, 9.17) is 27.4 Å². The first-order valence-corrected chi connectivity index (χ1v) is 12.7. The minimum Gasteiger partial charge on any atom is -0.461 e. The van der Waals surface area contributed by atoms with Gasteiger partial charge in [-0.3, -0.25) is 14.5 Å². The number of carbonyl (C=O) groups is 3. The summed E-state index contributed by atoms with van der Waals surface area (Å²) in [4.78, 5) is 46.4. The molecule has 0 aromatic carbocycles. The van der Waals surface area contributed by atoms with Crippen molar-refractivity contribution in [2.24, 2.45) is 5.92 Å². The number of amides is 1. The number of ether oxygens (including phenoxy) is 3. The summed E-state index contributed by atoms with van der Waals surface area (Å²) in [6.07, 6.45) is 3.30. The third-order valence-electron chi connectivity index (χ3n) is 7.58. The molecule has 0 aromatic rings. The van der Waals surface area contributed by atoms with Crippen LogP contribution in [-0.4, -0.2) is 59.5 Å². The van der Waals surface area contributed by atoms with Crippen LogP contribution in [0.2, 0.25) is 0 Å². The number of esters is 2. The molecule has 0 aromatic heterocycles. The highest BCUT2D eigenvalue weighted by Gasteiger charge is 2.62. The predicted molar refractivity (Wildman–Crippen MR) is 138 cm³/mol. The highest BCUT2D eigenvalue weighted by Crippen LogP contribution is 2.56. The summed E-state index contributed by atoms with van der Waals surface area (Å²) in [7, 11) is 0. The number of carbonyl (C=O) groups excluding carboxylic acids is 3. The van der Waals surface area contributed by atoms with Crippen LogP contribution in [0.3, 0.4) is 0 Å². The molecule has 0 N–H and O–H groups in total. The van der Waals surface area contributed by atoms with Crippen molar-refractivity contribution in [2.45, 2.75) is 83.6 Å². The molecule has 0 radical (unpaired) electrons. The van der Waals surface area contributed by atoms with E-state index < -0.39 is 35.2 Å². The maximum atomic E-state index is 13.4. The van der Waals surface area contributed by atoms with Gasteiger partial charge in [0.05, 0.1) is 6.04 Å². The van der Waals surface area contributed by atoms with Crippen LogP contribution in [0.5, 0.6) is 0 Å².